The van der Waals surface area contributed by atoms with Gasteiger partial charge in [-0.3, -0.25) is 4.99 Å². The Labute approximate surface area is 146 Å². The summed E-state index contributed by atoms with van der Waals surface area (Å²) in [7, 11) is 1.75. The molecule has 0 radical (unpaired) electrons. The maximum Gasteiger partial charge on any atom is 0.159 e. The third kappa shape index (κ3) is 3.37. The van der Waals surface area contributed by atoms with Gasteiger partial charge in [0.05, 0.1) is 11.0 Å². The molecule has 2 heterocycles. The standard InChI is InChI=1S/C18H22ClN5/c1-13-17(7-10-21-2)18(23-11-8-15(20)9-12-23)22-24(13)16-5-3-14(19)4-6-16/h3-7,10,15H,1,8-9,11-12,20H2,2H3/b17-7+,21-10-. The van der Waals surface area contributed by atoms with E-state index >= 15 is 0 Å². The molecule has 1 aromatic heterocycles. The van der Waals surface area contributed by atoms with Crippen LogP contribution in [0.15, 0.2) is 29.3 Å². The van der Waals surface area contributed by atoms with E-state index < -0.39 is 0 Å². The molecule has 3 rings (SSSR count). The first-order chi connectivity index (χ1) is 11.6. The van der Waals surface area contributed by atoms with Crippen molar-refractivity contribution in [2.75, 3.05) is 25.0 Å². The van der Waals surface area contributed by atoms with Crippen molar-refractivity contribution >= 4 is 36.3 Å². The smallest absolute Gasteiger partial charge is 0.159 e. The van der Waals surface area contributed by atoms with Crippen LogP contribution in [0, 0.1) is 0 Å². The zero-order chi connectivity index (χ0) is 17.1. The van der Waals surface area contributed by atoms with Crippen molar-refractivity contribution in [3.05, 3.63) is 39.9 Å². The number of hydrogen-bond acceptors (Lipinski definition) is 4. The largest absolute Gasteiger partial charge is 0.355 e. The highest BCUT2D eigenvalue weighted by Gasteiger charge is 2.20. The number of aromatic nitrogens is 2. The summed E-state index contributed by atoms with van der Waals surface area (Å²) in [6, 6.07) is 7.88. The second-order valence-corrected chi connectivity index (χ2v) is 6.41. The van der Waals surface area contributed by atoms with Crippen molar-refractivity contribution in [2.24, 2.45) is 10.7 Å². The number of anilines is 1. The molecule has 1 saturated heterocycles. The number of nitrogens with two attached hydrogens (primary N) is 1. The summed E-state index contributed by atoms with van der Waals surface area (Å²) >= 11 is 5.99. The van der Waals surface area contributed by atoms with Crippen molar-refractivity contribution in [3.63, 3.8) is 0 Å². The molecule has 0 bridgehead atoms. The Balaban J connectivity index is 2.09. The molecule has 0 saturated carbocycles. The van der Waals surface area contributed by atoms with Gasteiger partial charge in [0.1, 0.15) is 0 Å². The van der Waals surface area contributed by atoms with Crippen molar-refractivity contribution in [1.29, 1.82) is 0 Å². The SMILES string of the molecule is C=c1/c(=C\C=N/C)c(N2CCC(N)CC2)nn1-c1ccc(Cl)cc1. The van der Waals surface area contributed by atoms with Crippen LogP contribution in [0.4, 0.5) is 5.82 Å². The molecule has 2 aromatic rings. The third-order valence-electron chi connectivity index (χ3n) is 4.30. The molecular weight excluding hydrogens is 322 g/mol. The molecule has 1 aliphatic rings. The van der Waals surface area contributed by atoms with Gasteiger partial charge in [0.15, 0.2) is 5.82 Å². The fraction of sp³-hybridized carbons (Fsp3) is 0.333. The van der Waals surface area contributed by atoms with Gasteiger partial charge in [-0.1, -0.05) is 18.2 Å². The van der Waals surface area contributed by atoms with E-state index in [-0.39, 0.29) is 6.04 Å². The number of aliphatic imine (C=N–C) groups is 1. The van der Waals surface area contributed by atoms with Crippen LogP contribution in [0.25, 0.3) is 18.3 Å². The lowest BCUT2D eigenvalue weighted by Gasteiger charge is -2.30. The molecule has 1 fully saturated rings. The number of piperidine rings is 1. The van der Waals surface area contributed by atoms with Crippen LogP contribution in [0.5, 0.6) is 0 Å². The van der Waals surface area contributed by atoms with Gasteiger partial charge >= 0.3 is 0 Å². The van der Waals surface area contributed by atoms with E-state index in [2.05, 4.69) is 16.5 Å². The van der Waals surface area contributed by atoms with Gasteiger partial charge in [0.25, 0.3) is 0 Å². The summed E-state index contributed by atoms with van der Waals surface area (Å²) in [5, 5.41) is 7.34. The van der Waals surface area contributed by atoms with Gasteiger partial charge in [-0.25, -0.2) is 4.68 Å². The summed E-state index contributed by atoms with van der Waals surface area (Å²) in [4.78, 5) is 6.34. The van der Waals surface area contributed by atoms with Gasteiger partial charge in [-0.15, -0.1) is 5.10 Å². The van der Waals surface area contributed by atoms with Gasteiger partial charge in [-0.05, 0) is 43.2 Å². The molecule has 24 heavy (non-hydrogen) atoms. The molecule has 2 N–H and O–H groups in total. The number of rotatable bonds is 3. The van der Waals surface area contributed by atoms with Crippen molar-refractivity contribution < 1.29 is 0 Å². The minimum Gasteiger partial charge on any atom is -0.355 e. The highest BCUT2D eigenvalue weighted by molar-refractivity contribution is 6.30. The second-order valence-electron chi connectivity index (χ2n) is 5.97. The first-order valence-electron chi connectivity index (χ1n) is 8.07. The van der Waals surface area contributed by atoms with Crippen molar-refractivity contribution in [2.45, 2.75) is 18.9 Å². The number of halogens is 1. The number of benzene rings is 1. The van der Waals surface area contributed by atoms with E-state index in [1.54, 1.807) is 13.3 Å². The Kier molecular flexibility index (Phi) is 5.02. The Morgan fingerprint density at radius 1 is 1.29 bits per heavy atom. The van der Waals surface area contributed by atoms with Crippen LogP contribution in [-0.4, -0.2) is 42.2 Å². The van der Waals surface area contributed by atoms with E-state index in [1.807, 2.05) is 35.0 Å². The molecule has 0 amide bonds. The molecule has 5 nitrogen and oxygen atoms in total. The Bertz CT molecular complexity index is 830. The van der Waals surface area contributed by atoms with Crippen molar-refractivity contribution in [3.8, 4) is 5.69 Å². The summed E-state index contributed by atoms with van der Waals surface area (Å²) in [5.41, 5.74) is 6.96. The van der Waals surface area contributed by atoms with E-state index in [0.717, 1.165) is 48.0 Å². The Hall–Kier alpha value is -2.11. The maximum atomic E-state index is 6.03. The summed E-state index contributed by atoms with van der Waals surface area (Å²) in [6.45, 7) is 6.04. The summed E-state index contributed by atoms with van der Waals surface area (Å²) in [5.74, 6) is 0.932. The second kappa shape index (κ2) is 7.20. The highest BCUT2D eigenvalue weighted by Crippen LogP contribution is 2.15. The summed E-state index contributed by atoms with van der Waals surface area (Å²) in [6.07, 6.45) is 5.69. The van der Waals surface area contributed by atoms with E-state index in [1.165, 1.54) is 0 Å². The quantitative estimate of drug-likeness (QED) is 0.856. The fourth-order valence-electron chi connectivity index (χ4n) is 2.91. The summed E-state index contributed by atoms with van der Waals surface area (Å²) < 4.78 is 1.86. The molecule has 0 spiro atoms. The van der Waals surface area contributed by atoms with E-state index in [0.29, 0.717) is 5.02 Å². The molecule has 1 aromatic carbocycles. The minimum atomic E-state index is 0.281. The first-order valence-corrected chi connectivity index (χ1v) is 8.45. The Morgan fingerprint density at radius 2 is 1.96 bits per heavy atom. The van der Waals surface area contributed by atoms with E-state index in [4.69, 9.17) is 22.4 Å². The van der Waals surface area contributed by atoms with Crippen LogP contribution < -0.4 is 21.2 Å². The minimum absolute atomic E-state index is 0.281. The molecule has 126 valence electrons. The lowest BCUT2D eigenvalue weighted by molar-refractivity contribution is 0.497. The topological polar surface area (TPSA) is 59.4 Å². The van der Waals surface area contributed by atoms with Crippen molar-refractivity contribution in [1.82, 2.24) is 9.78 Å². The predicted molar refractivity (Wildman–Crippen MR) is 102 cm³/mol. The highest BCUT2D eigenvalue weighted by atomic mass is 35.5. The third-order valence-corrected chi connectivity index (χ3v) is 4.55. The van der Waals surface area contributed by atoms with Gasteiger partial charge < -0.3 is 10.6 Å². The first kappa shape index (κ1) is 16.7. The van der Waals surface area contributed by atoms with Gasteiger partial charge in [0.2, 0.25) is 0 Å². The lowest BCUT2D eigenvalue weighted by atomic mass is 10.1. The molecular formula is C18H22ClN5. The maximum absolute atomic E-state index is 6.03. The number of hydrogen-bond donors (Lipinski definition) is 1. The van der Waals surface area contributed by atoms with Gasteiger partial charge in [-0.2, -0.15) is 0 Å². The monoisotopic (exact) mass is 343 g/mol. The molecule has 0 aliphatic carbocycles. The van der Waals surface area contributed by atoms with Gasteiger partial charge in [0, 0.05) is 42.6 Å². The van der Waals surface area contributed by atoms with E-state index in [9.17, 15) is 0 Å². The molecule has 6 heteroatoms. The lowest BCUT2D eigenvalue weighted by Crippen LogP contribution is -2.42. The van der Waals surface area contributed by atoms with Crippen LogP contribution in [-0.2, 0) is 0 Å². The van der Waals surface area contributed by atoms with Crippen LogP contribution in [0.3, 0.4) is 0 Å². The average Bonchev–Trinajstić information content (AvgIpc) is 2.91. The van der Waals surface area contributed by atoms with Crippen LogP contribution in [0.2, 0.25) is 5.02 Å². The Morgan fingerprint density at radius 3 is 2.58 bits per heavy atom. The fourth-order valence-corrected chi connectivity index (χ4v) is 3.04. The zero-order valence-electron chi connectivity index (χ0n) is 13.8. The molecule has 0 atom stereocenters. The normalized spacial score (nSPS) is 17.1. The molecule has 1 aliphatic heterocycles. The zero-order valence-corrected chi connectivity index (χ0v) is 14.6. The predicted octanol–water partition coefficient (Wildman–Crippen LogP) is 1.34. The molecule has 0 unspecified atom stereocenters. The van der Waals surface area contributed by atoms with Crippen LogP contribution in [0.1, 0.15) is 12.8 Å². The van der Waals surface area contributed by atoms with Crippen LogP contribution >= 0.6 is 11.6 Å². The average molecular weight is 344 g/mol. The number of nitrogens with zero attached hydrogens (tertiary/aromatic N) is 4.